The van der Waals surface area contributed by atoms with Gasteiger partial charge in [0.15, 0.2) is 0 Å². The number of carbonyl (C=O) groups excluding carboxylic acids is 1. The summed E-state index contributed by atoms with van der Waals surface area (Å²) in [6, 6.07) is 6.02. The van der Waals surface area contributed by atoms with Crippen LogP contribution < -0.4 is 4.72 Å². The molecule has 2 atom stereocenters. The highest BCUT2D eigenvalue weighted by atomic mass is 32.2. The Balaban J connectivity index is 3.40. The number of esters is 1. The normalized spacial score (nSPS) is 15.4. The second kappa shape index (κ2) is 7.85. The quantitative estimate of drug-likeness (QED) is 0.460. The van der Waals surface area contributed by atoms with Crippen LogP contribution in [0.4, 0.5) is 5.69 Å². The van der Waals surface area contributed by atoms with Crippen molar-refractivity contribution in [3.05, 3.63) is 39.9 Å². The number of carbonyl (C=O) groups is 1. The van der Waals surface area contributed by atoms with Gasteiger partial charge in [-0.25, -0.2) is 8.93 Å². The predicted molar refractivity (Wildman–Crippen MR) is 92.7 cm³/mol. The number of nitro groups is 1. The Morgan fingerprint density at radius 2 is 2.00 bits per heavy atom. The zero-order valence-corrected chi connectivity index (χ0v) is 15.4. The van der Waals surface area contributed by atoms with Gasteiger partial charge in [-0.1, -0.05) is 19.1 Å². The lowest BCUT2D eigenvalue weighted by Gasteiger charge is -2.35. The van der Waals surface area contributed by atoms with Crippen molar-refractivity contribution < 1.29 is 18.7 Å². The molecule has 8 heteroatoms. The van der Waals surface area contributed by atoms with Gasteiger partial charge in [-0.15, -0.1) is 0 Å². The van der Waals surface area contributed by atoms with Gasteiger partial charge in [0.25, 0.3) is 5.69 Å². The number of rotatable bonds is 7. The number of nitrogens with one attached hydrogen (secondary N) is 1. The molecule has 0 bridgehead atoms. The maximum Gasteiger partial charge on any atom is 0.307 e. The molecule has 0 fully saturated rings. The topological polar surface area (TPSA) is 98.5 Å². The van der Waals surface area contributed by atoms with E-state index in [1.54, 1.807) is 12.1 Å². The van der Waals surface area contributed by atoms with Crippen molar-refractivity contribution in [1.29, 1.82) is 0 Å². The van der Waals surface area contributed by atoms with E-state index >= 15 is 0 Å². The molecule has 0 heterocycles. The zero-order chi connectivity index (χ0) is 18.5. The molecule has 0 saturated heterocycles. The summed E-state index contributed by atoms with van der Waals surface area (Å²) in [5, 5.41) is 11.1. The molecule has 0 aromatic heterocycles. The molecule has 0 aliphatic heterocycles. The lowest BCUT2D eigenvalue weighted by molar-refractivity contribution is -0.385. The molecule has 134 valence electrons. The van der Waals surface area contributed by atoms with E-state index in [2.05, 4.69) is 4.72 Å². The summed E-state index contributed by atoms with van der Waals surface area (Å²) in [5.41, 5.74) is -0.571. The molecule has 1 aromatic carbocycles. The number of benzene rings is 1. The molecule has 0 aliphatic rings. The largest absolute Gasteiger partial charge is 0.469 e. The molecule has 1 aromatic rings. The molecule has 0 spiro atoms. The van der Waals surface area contributed by atoms with E-state index in [4.69, 9.17) is 4.74 Å². The first-order valence-electron chi connectivity index (χ1n) is 7.57. The predicted octanol–water partition coefficient (Wildman–Crippen LogP) is 2.82. The number of nitrogens with zero attached hydrogens (tertiary/aromatic N) is 1. The summed E-state index contributed by atoms with van der Waals surface area (Å²) in [6.45, 7) is 7.25. The van der Waals surface area contributed by atoms with Crippen LogP contribution in [0.3, 0.4) is 0 Å². The van der Waals surface area contributed by atoms with Gasteiger partial charge >= 0.3 is 5.97 Å². The van der Waals surface area contributed by atoms with Crippen LogP contribution in [0.15, 0.2) is 24.3 Å². The maximum absolute atomic E-state index is 12.6. The lowest BCUT2D eigenvalue weighted by Crippen LogP contribution is -2.49. The SMILES string of the molecule is CC[C@@](CC(=O)OC)(NS(=O)C(C)(C)C)c1cccc([N+](=O)[O-])c1. The van der Waals surface area contributed by atoms with Gasteiger partial charge in [-0.3, -0.25) is 14.9 Å². The van der Waals surface area contributed by atoms with E-state index < -0.39 is 32.2 Å². The standard InChI is InChI=1S/C16H24N2O5S/c1-6-16(11-14(19)23-5,17-24(22)15(2,3)4)12-8-7-9-13(10-12)18(20)21/h7-10,17H,6,11H2,1-5H3/t16-,24?/m0/s1. The monoisotopic (exact) mass is 356 g/mol. The fourth-order valence-electron chi connectivity index (χ4n) is 2.16. The minimum atomic E-state index is -1.47. The van der Waals surface area contributed by atoms with E-state index in [9.17, 15) is 19.1 Å². The highest BCUT2D eigenvalue weighted by Gasteiger charge is 2.38. The number of methoxy groups -OCH3 is 1. The van der Waals surface area contributed by atoms with Gasteiger partial charge in [-0.2, -0.15) is 0 Å². The second-order valence-electron chi connectivity index (χ2n) is 6.48. The molecule has 0 aliphatic carbocycles. The average molecular weight is 356 g/mol. The van der Waals surface area contributed by atoms with Crippen molar-refractivity contribution in [2.45, 2.75) is 50.8 Å². The van der Waals surface area contributed by atoms with Crippen LogP contribution in [0.5, 0.6) is 0 Å². The molecule has 1 unspecified atom stereocenters. The van der Waals surface area contributed by atoms with Crippen molar-refractivity contribution in [2.24, 2.45) is 0 Å². The first-order chi connectivity index (χ1) is 11.1. The van der Waals surface area contributed by atoms with Crippen molar-refractivity contribution in [1.82, 2.24) is 4.72 Å². The summed E-state index contributed by atoms with van der Waals surface area (Å²) in [6.07, 6.45) is 0.327. The van der Waals surface area contributed by atoms with E-state index in [0.29, 0.717) is 12.0 Å². The van der Waals surface area contributed by atoms with Gasteiger partial charge in [0, 0.05) is 12.1 Å². The third-order valence-corrected chi connectivity index (χ3v) is 5.42. The van der Waals surface area contributed by atoms with Crippen LogP contribution in [0.1, 0.15) is 46.1 Å². The number of non-ortho nitro benzene ring substituents is 1. The fourth-order valence-corrected chi connectivity index (χ4v) is 3.16. The summed E-state index contributed by atoms with van der Waals surface area (Å²) in [5.74, 6) is -0.484. The first-order valence-corrected chi connectivity index (χ1v) is 8.72. The molecule has 0 saturated carbocycles. The third kappa shape index (κ3) is 4.85. The molecular formula is C16H24N2O5S. The molecule has 1 rings (SSSR count). The lowest BCUT2D eigenvalue weighted by atomic mass is 9.85. The number of nitro benzene ring substituents is 1. The Morgan fingerprint density at radius 3 is 2.46 bits per heavy atom. The maximum atomic E-state index is 12.6. The summed E-state index contributed by atoms with van der Waals surface area (Å²) in [7, 11) is -0.196. The molecule has 1 N–H and O–H groups in total. The van der Waals surface area contributed by atoms with Crippen LogP contribution in [0.2, 0.25) is 0 Å². The van der Waals surface area contributed by atoms with E-state index in [0.717, 1.165) is 0 Å². The summed E-state index contributed by atoms with van der Waals surface area (Å²) >= 11 is 0. The fraction of sp³-hybridized carbons (Fsp3) is 0.562. The molecule has 0 radical (unpaired) electrons. The Morgan fingerprint density at radius 1 is 1.38 bits per heavy atom. The van der Waals surface area contributed by atoms with Crippen LogP contribution in [0, 0.1) is 10.1 Å². The number of hydrogen-bond acceptors (Lipinski definition) is 5. The van der Waals surface area contributed by atoms with Crippen molar-refractivity contribution in [3.63, 3.8) is 0 Å². The van der Waals surface area contributed by atoms with Crippen LogP contribution in [-0.4, -0.2) is 27.0 Å². The van der Waals surface area contributed by atoms with Crippen LogP contribution >= 0.6 is 0 Å². The second-order valence-corrected chi connectivity index (χ2v) is 8.45. The van der Waals surface area contributed by atoms with Crippen molar-refractivity contribution in [3.8, 4) is 0 Å². The highest BCUT2D eigenvalue weighted by molar-refractivity contribution is 7.84. The third-order valence-electron chi connectivity index (χ3n) is 3.73. The summed E-state index contributed by atoms with van der Waals surface area (Å²) < 4.78 is 19.8. The van der Waals surface area contributed by atoms with Gasteiger partial charge in [0.1, 0.15) is 0 Å². The van der Waals surface area contributed by atoms with Crippen LogP contribution in [0.25, 0.3) is 0 Å². The molecule has 7 nitrogen and oxygen atoms in total. The van der Waals surface area contributed by atoms with E-state index in [-0.39, 0.29) is 12.1 Å². The Hall–Kier alpha value is -1.80. The van der Waals surface area contributed by atoms with Crippen LogP contribution in [-0.2, 0) is 26.1 Å². The Labute approximate surface area is 144 Å². The zero-order valence-electron chi connectivity index (χ0n) is 14.6. The first kappa shape index (κ1) is 20.2. The molecule has 0 amide bonds. The van der Waals surface area contributed by atoms with Crippen molar-refractivity contribution in [2.75, 3.05) is 7.11 Å². The van der Waals surface area contributed by atoms with Gasteiger partial charge in [-0.05, 0) is 32.8 Å². The summed E-state index contributed by atoms with van der Waals surface area (Å²) in [4.78, 5) is 22.5. The Kier molecular flexibility index (Phi) is 6.62. The van der Waals surface area contributed by atoms with Gasteiger partial charge in [0.05, 0.1) is 39.7 Å². The smallest absolute Gasteiger partial charge is 0.307 e. The average Bonchev–Trinajstić information content (AvgIpc) is 2.53. The minimum absolute atomic E-state index is 0.0804. The minimum Gasteiger partial charge on any atom is -0.469 e. The highest BCUT2D eigenvalue weighted by Crippen LogP contribution is 2.33. The number of ether oxygens (including phenoxy) is 1. The molecular weight excluding hydrogens is 332 g/mol. The van der Waals surface area contributed by atoms with Gasteiger partial charge in [0.2, 0.25) is 0 Å². The van der Waals surface area contributed by atoms with E-state index in [1.807, 2.05) is 27.7 Å². The van der Waals surface area contributed by atoms with Gasteiger partial charge < -0.3 is 4.74 Å². The van der Waals surface area contributed by atoms with Crippen molar-refractivity contribution >= 4 is 22.6 Å². The van der Waals surface area contributed by atoms with E-state index in [1.165, 1.54) is 19.2 Å². The number of hydrogen-bond donors (Lipinski definition) is 1. The molecule has 24 heavy (non-hydrogen) atoms. The Bertz CT molecular complexity index is 642.